The zero-order valence-corrected chi connectivity index (χ0v) is 21.9. The van der Waals surface area contributed by atoms with Gasteiger partial charge in [-0.25, -0.2) is 12.7 Å². The Bertz CT molecular complexity index is 1550. The molecule has 3 aromatic rings. The Morgan fingerprint density at radius 3 is 2.08 bits per heavy atom. The molecule has 0 saturated carbocycles. The minimum Gasteiger partial charge on any atom is -0.294 e. The number of anilines is 1. The molecule has 0 aromatic heterocycles. The summed E-state index contributed by atoms with van der Waals surface area (Å²) in [5.74, 6) is -2.29. The fraction of sp³-hybridized carbons (Fsp3) is 0.208. The molecule has 39 heavy (non-hydrogen) atoms. The molecule has 0 spiro atoms. The van der Waals surface area contributed by atoms with Gasteiger partial charge in [0, 0.05) is 33.5 Å². The third kappa shape index (κ3) is 5.36. The maximum atomic E-state index is 14.6. The number of hydrogen-bond donors (Lipinski definition) is 0. The number of benzene rings is 3. The number of fused-ring (bicyclic) bond motifs is 1. The number of carbonyl (C=O) groups excluding carboxylic acids is 1. The molecular weight excluding hydrogens is 611 g/mol. The minimum absolute atomic E-state index is 0.0580. The second-order valence-corrected chi connectivity index (χ2v) is 11.3. The number of para-hydroxylation sites is 1. The molecule has 0 unspecified atom stereocenters. The van der Waals surface area contributed by atoms with Crippen molar-refractivity contribution in [3.8, 4) is 0 Å². The summed E-state index contributed by atoms with van der Waals surface area (Å²) in [5.41, 5.74) is -1.00. The van der Waals surface area contributed by atoms with Crippen LogP contribution in [0.2, 0.25) is 0 Å². The van der Waals surface area contributed by atoms with Crippen LogP contribution in [0.4, 0.5) is 24.5 Å². The fourth-order valence-electron chi connectivity index (χ4n) is 4.60. The van der Waals surface area contributed by atoms with Crippen LogP contribution in [0.25, 0.3) is 0 Å². The van der Waals surface area contributed by atoms with Gasteiger partial charge in [-0.3, -0.25) is 25.0 Å². The van der Waals surface area contributed by atoms with Crippen molar-refractivity contribution in [2.45, 2.75) is 35.5 Å². The number of nitro groups is 2. The van der Waals surface area contributed by atoms with E-state index in [2.05, 4.69) is 15.9 Å². The standard InChI is InChI=1S/C24H17BrF3N3O7S/c25-15-7-5-14(6-8-15)21(32)13-19-18-3-1-2-4-20(18)29(23(24(26,27)28)22(19)31(35)36)39(37,38)17-11-9-16(10-12-17)30(33)34/h1-12,19,22-23H,13H2/t19-,22+,23+/m0/s1. The van der Waals surface area contributed by atoms with Crippen molar-refractivity contribution in [3.63, 3.8) is 0 Å². The molecule has 204 valence electrons. The van der Waals surface area contributed by atoms with Gasteiger partial charge in [0.2, 0.25) is 6.04 Å². The van der Waals surface area contributed by atoms with E-state index >= 15 is 0 Å². The first-order valence-corrected chi connectivity index (χ1v) is 13.3. The molecule has 0 aliphatic carbocycles. The molecule has 4 rings (SSSR count). The molecule has 0 bridgehead atoms. The van der Waals surface area contributed by atoms with Gasteiger partial charge in [-0.1, -0.05) is 46.3 Å². The van der Waals surface area contributed by atoms with Gasteiger partial charge in [0.1, 0.15) is 0 Å². The second kappa shape index (κ2) is 10.4. The molecule has 0 fully saturated rings. The lowest BCUT2D eigenvalue weighted by Gasteiger charge is -2.42. The molecule has 0 N–H and O–H groups in total. The summed E-state index contributed by atoms with van der Waals surface area (Å²) >= 11 is 3.21. The van der Waals surface area contributed by atoms with Crippen molar-refractivity contribution < 1.29 is 36.2 Å². The first-order valence-electron chi connectivity index (χ1n) is 11.1. The molecule has 3 atom stereocenters. The molecule has 1 heterocycles. The number of ketones is 1. The monoisotopic (exact) mass is 627 g/mol. The Balaban J connectivity index is 1.90. The molecule has 0 amide bonds. The number of non-ortho nitro benzene ring substituents is 1. The van der Waals surface area contributed by atoms with Crippen LogP contribution in [0, 0.1) is 20.2 Å². The van der Waals surface area contributed by atoms with E-state index in [9.17, 15) is 46.6 Å². The first kappa shape index (κ1) is 28.2. The van der Waals surface area contributed by atoms with Crippen molar-refractivity contribution in [1.29, 1.82) is 0 Å². The fourth-order valence-corrected chi connectivity index (χ4v) is 6.54. The van der Waals surface area contributed by atoms with Gasteiger partial charge >= 0.3 is 6.18 Å². The van der Waals surface area contributed by atoms with Gasteiger partial charge in [-0.15, -0.1) is 0 Å². The lowest BCUT2D eigenvalue weighted by molar-refractivity contribution is -0.537. The SMILES string of the molecule is O=C(C[C@H]1c2ccccc2N(S(=O)(=O)c2ccc([N+](=O)[O-])cc2)[C@@H](C(F)(F)F)[C@@H]1[N+](=O)[O-])c1ccc(Br)cc1. The Morgan fingerprint density at radius 1 is 0.949 bits per heavy atom. The number of carbonyl (C=O) groups is 1. The highest BCUT2D eigenvalue weighted by Gasteiger charge is 2.63. The third-order valence-electron chi connectivity index (χ3n) is 6.32. The summed E-state index contributed by atoms with van der Waals surface area (Å²) in [6.45, 7) is 0. The summed E-state index contributed by atoms with van der Waals surface area (Å²) in [7, 11) is -5.13. The highest BCUT2D eigenvalue weighted by atomic mass is 79.9. The van der Waals surface area contributed by atoms with Crippen LogP contribution in [0.1, 0.15) is 28.3 Å². The normalized spacial score (nSPS) is 19.3. The molecule has 0 radical (unpaired) electrons. The maximum Gasteiger partial charge on any atom is 0.416 e. The summed E-state index contributed by atoms with van der Waals surface area (Å²) in [4.78, 5) is 33.5. The van der Waals surface area contributed by atoms with Crippen molar-refractivity contribution in [1.82, 2.24) is 0 Å². The number of nitro benzene ring substituents is 1. The predicted molar refractivity (Wildman–Crippen MR) is 136 cm³/mol. The average molecular weight is 628 g/mol. The largest absolute Gasteiger partial charge is 0.416 e. The van der Waals surface area contributed by atoms with Crippen molar-refractivity contribution in [2.75, 3.05) is 4.31 Å². The van der Waals surface area contributed by atoms with Gasteiger partial charge in [-0.05, 0) is 35.9 Å². The Hall–Kier alpha value is -3.85. The number of hydrogen-bond acceptors (Lipinski definition) is 7. The molecule has 15 heteroatoms. The van der Waals surface area contributed by atoms with Crippen LogP contribution in [0.15, 0.2) is 82.2 Å². The van der Waals surface area contributed by atoms with E-state index < -0.39 is 72.5 Å². The lowest BCUT2D eigenvalue weighted by atomic mass is 9.78. The van der Waals surface area contributed by atoms with E-state index in [1.54, 1.807) is 0 Å². The van der Waals surface area contributed by atoms with E-state index in [0.29, 0.717) is 4.47 Å². The molecule has 1 aliphatic rings. The molecule has 3 aromatic carbocycles. The van der Waals surface area contributed by atoms with Crippen molar-refractivity contribution in [2.24, 2.45) is 0 Å². The number of alkyl halides is 3. The number of sulfonamides is 1. The second-order valence-electron chi connectivity index (χ2n) is 8.61. The highest BCUT2D eigenvalue weighted by molar-refractivity contribution is 9.10. The van der Waals surface area contributed by atoms with Gasteiger partial charge in [0.25, 0.3) is 21.8 Å². The van der Waals surface area contributed by atoms with Crippen LogP contribution >= 0.6 is 15.9 Å². The van der Waals surface area contributed by atoms with E-state index in [4.69, 9.17) is 0 Å². The number of Topliss-reactive ketones (excluding diaryl/α,β-unsaturated/α-hetero) is 1. The predicted octanol–water partition coefficient (Wildman–Crippen LogP) is 5.50. The molecule has 10 nitrogen and oxygen atoms in total. The molecular formula is C24H17BrF3N3O7S. The lowest BCUT2D eigenvalue weighted by Crippen LogP contribution is -2.62. The van der Waals surface area contributed by atoms with Gasteiger partial charge < -0.3 is 0 Å². The quantitative estimate of drug-likeness (QED) is 0.191. The first-order chi connectivity index (χ1) is 18.2. The zero-order valence-electron chi connectivity index (χ0n) is 19.5. The van der Waals surface area contributed by atoms with Crippen LogP contribution in [0.5, 0.6) is 0 Å². The Kier molecular flexibility index (Phi) is 7.49. The number of nitrogens with zero attached hydrogens (tertiary/aromatic N) is 3. The Labute approximate surface area is 227 Å². The average Bonchev–Trinajstić information content (AvgIpc) is 2.87. The van der Waals surface area contributed by atoms with Gasteiger partial charge in [0.15, 0.2) is 5.78 Å². The topological polar surface area (TPSA) is 141 Å². The smallest absolute Gasteiger partial charge is 0.294 e. The van der Waals surface area contributed by atoms with Gasteiger partial charge in [0.05, 0.1) is 21.4 Å². The minimum atomic E-state index is -5.43. The molecule has 0 saturated heterocycles. The third-order valence-corrected chi connectivity index (χ3v) is 8.65. The van der Waals surface area contributed by atoms with Gasteiger partial charge in [-0.2, -0.15) is 13.2 Å². The van der Waals surface area contributed by atoms with E-state index in [1.165, 1.54) is 42.5 Å². The van der Waals surface area contributed by atoms with Crippen LogP contribution in [-0.4, -0.2) is 42.3 Å². The van der Waals surface area contributed by atoms with Crippen molar-refractivity contribution >= 4 is 43.1 Å². The maximum absolute atomic E-state index is 14.6. The summed E-state index contributed by atoms with van der Waals surface area (Å²) in [6, 6.07) is 8.21. The van der Waals surface area contributed by atoms with E-state index in [1.807, 2.05) is 0 Å². The number of rotatable bonds is 7. The van der Waals surface area contributed by atoms with Crippen LogP contribution in [-0.2, 0) is 10.0 Å². The van der Waals surface area contributed by atoms with E-state index in [0.717, 1.165) is 30.3 Å². The Morgan fingerprint density at radius 2 is 1.54 bits per heavy atom. The summed E-state index contributed by atoms with van der Waals surface area (Å²) in [5, 5.41) is 23.2. The van der Waals surface area contributed by atoms with Crippen LogP contribution < -0.4 is 4.31 Å². The van der Waals surface area contributed by atoms with Crippen LogP contribution in [0.3, 0.4) is 0 Å². The highest BCUT2D eigenvalue weighted by Crippen LogP contribution is 2.48. The molecule has 1 aliphatic heterocycles. The van der Waals surface area contributed by atoms with Crippen molar-refractivity contribution in [3.05, 3.63) is 109 Å². The van der Waals surface area contributed by atoms with E-state index in [-0.39, 0.29) is 15.4 Å². The zero-order chi connectivity index (χ0) is 28.7. The summed E-state index contributed by atoms with van der Waals surface area (Å²) in [6.07, 6.45) is -6.12. The summed E-state index contributed by atoms with van der Waals surface area (Å²) < 4.78 is 71.6. The number of halogens is 4.